The molecule has 0 amide bonds. The van der Waals surface area contributed by atoms with Crippen molar-refractivity contribution in [3.8, 4) is 11.1 Å². The Morgan fingerprint density at radius 2 is 1.84 bits per heavy atom. The second-order valence-electron chi connectivity index (χ2n) is 10.2. The van der Waals surface area contributed by atoms with Crippen molar-refractivity contribution in [2.45, 2.75) is 56.8 Å². The second-order valence-corrected chi connectivity index (χ2v) is 10.2. The highest BCUT2D eigenvalue weighted by molar-refractivity contribution is 5.94. The molecule has 3 heterocycles. The third kappa shape index (κ3) is 4.40. The predicted molar refractivity (Wildman–Crippen MR) is 133 cm³/mol. The number of hydrogen-bond acceptors (Lipinski definition) is 4. The normalized spacial score (nSPS) is 20.3. The van der Waals surface area contributed by atoms with E-state index in [1.165, 1.54) is 4.57 Å². The van der Waals surface area contributed by atoms with Crippen molar-refractivity contribution in [3.05, 3.63) is 81.4 Å². The first-order valence-electron chi connectivity index (χ1n) is 12.6. The van der Waals surface area contributed by atoms with E-state index in [0.717, 1.165) is 36.1 Å². The van der Waals surface area contributed by atoms with Crippen LogP contribution in [0.5, 0.6) is 0 Å². The molecule has 2 aromatic heterocycles. The van der Waals surface area contributed by atoms with E-state index in [2.05, 4.69) is 10.1 Å². The van der Waals surface area contributed by atoms with Crippen LogP contribution < -0.4 is 5.56 Å². The Bertz CT molecular complexity index is 1600. The van der Waals surface area contributed by atoms with Gasteiger partial charge in [0.25, 0.3) is 5.56 Å². The highest BCUT2D eigenvalue weighted by atomic mass is 19.4. The maximum atomic E-state index is 15.2. The van der Waals surface area contributed by atoms with Gasteiger partial charge in [-0.05, 0) is 68.4 Å². The Kier molecular flexibility index (Phi) is 5.90. The summed E-state index contributed by atoms with van der Waals surface area (Å²) < 4.78 is 64.2. The van der Waals surface area contributed by atoms with Gasteiger partial charge in [0, 0.05) is 36.5 Å². The number of alkyl halides is 3. The fourth-order valence-electron chi connectivity index (χ4n) is 5.25. The lowest BCUT2D eigenvalue weighted by atomic mass is 9.84. The molecular weight excluding hydrogens is 500 g/mol. The number of hydrogen-bond donors (Lipinski definition) is 0. The average molecular weight is 527 g/mol. The van der Waals surface area contributed by atoms with Crippen LogP contribution in [0.4, 0.5) is 17.6 Å². The molecule has 0 N–H and O–H groups in total. The van der Waals surface area contributed by atoms with Gasteiger partial charge in [0.1, 0.15) is 11.6 Å². The van der Waals surface area contributed by atoms with Gasteiger partial charge in [-0.15, -0.1) is 0 Å². The van der Waals surface area contributed by atoms with Crippen molar-refractivity contribution in [2.24, 2.45) is 7.05 Å². The number of aromatic nitrogens is 4. The summed E-state index contributed by atoms with van der Waals surface area (Å²) in [5, 5.41) is 4.77. The van der Waals surface area contributed by atoms with Gasteiger partial charge in [-0.1, -0.05) is 6.07 Å². The van der Waals surface area contributed by atoms with E-state index in [1.807, 2.05) is 17.1 Å². The van der Waals surface area contributed by atoms with E-state index >= 15 is 4.39 Å². The van der Waals surface area contributed by atoms with Crippen LogP contribution in [0.3, 0.4) is 0 Å². The van der Waals surface area contributed by atoms with Crippen molar-refractivity contribution in [2.75, 3.05) is 6.61 Å². The van der Waals surface area contributed by atoms with E-state index < -0.39 is 17.6 Å². The maximum absolute atomic E-state index is 15.2. The number of benzene rings is 2. The van der Waals surface area contributed by atoms with E-state index in [4.69, 9.17) is 4.74 Å². The summed E-state index contributed by atoms with van der Waals surface area (Å²) in [5.74, 6) is -0.608. The van der Waals surface area contributed by atoms with Gasteiger partial charge in [0.15, 0.2) is 0 Å². The first-order valence-corrected chi connectivity index (χ1v) is 12.6. The summed E-state index contributed by atoms with van der Waals surface area (Å²) in [5.41, 5.74) is 0.966. The highest BCUT2D eigenvalue weighted by Gasteiger charge is 2.32. The molecule has 1 saturated carbocycles. The molecule has 4 aromatic rings. The van der Waals surface area contributed by atoms with Crippen molar-refractivity contribution >= 4 is 10.9 Å². The molecule has 1 aliphatic carbocycles. The largest absolute Gasteiger partial charge is 0.416 e. The van der Waals surface area contributed by atoms with E-state index in [-0.39, 0.29) is 28.7 Å². The lowest BCUT2D eigenvalue weighted by molar-refractivity contribution is -0.137. The summed E-state index contributed by atoms with van der Waals surface area (Å²) >= 11 is 0. The number of ether oxygens (including phenoxy) is 1. The zero-order valence-corrected chi connectivity index (χ0v) is 20.9. The highest BCUT2D eigenvalue weighted by Crippen LogP contribution is 2.42. The molecule has 0 spiro atoms. The topological polar surface area (TPSA) is 61.9 Å². The lowest BCUT2D eigenvalue weighted by Crippen LogP contribution is -2.22. The Hall–Kier alpha value is -3.53. The van der Waals surface area contributed by atoms with Gasteiger partial charge in [-0.25, -0.2) is 9.37 Å². The van der Waals surface area contributed by atoms with Crippen LogP contribution >= 0.6 is 0 Å². The molecule has 10 heteroatoms. The molecular formula is C28H26F4N4O2. The van der Waals surface area contributed by atoms with Crippen LogP contribution in [-0.4, -0.2) is 25.9 Å². The Labute approximate surface area is 215 Å². The molecule has 2 aliphatic rings. The molecule has 1 saturated heterocycles. The Balaban J connectivity index is 1.45. The van der Waals surface area contributed by atoms with Gasteiger partial charge in [-0.2, -0.15) is 18.3 Å². The first-order chi connectivity index (χ1) is 18.1. The fraction of sp³-hybridized carbons (Fsp3) is 0.393. The summed E-state index contributed by atoms with van der Waals surface area (Å²) in [4.78, 5) is 17.8. The maximum Gasteiger partial charge on any atom is 0.416 e. The molecule has 2 atom stereocenters. The molecule has 6 rings (SSSR count). The van der Waals surface area contributed by atoms with Gasteiger partial charge in [0.2, 0.25) is 0 Å². The van der Waals surface area contributed by atoms with Crippen LogP contribution in [0.15, 0.2) is 47.5 Å². The SMILES string of the molecule is Cc1nc2c(-c3ccc(C(F)(F)F)cc3F)cc([C@H]3CCO[C@@H](c4cnn(C5CC5)c4)C3)cc2c(=O)n1C. The zero-order valence-electron chi connectivity index (χ0n) is 20.9. The van der Waals surface area contributed by atoms with Gasteiger partial charge in [0.05, 0.1) is 34.8 Å². The quantitative estimate of drug-likeness (QED) is 0.296. The van der Waals surface area contributed by atoms with Crippen LogP contribution in [-0.2, 0) is 18.0 Å². The molecule has 38 heavy (non-hydrogen) atoms. The van der Waals surface area contributed by atoms with Crippen LogP contribution in [0.2, 0.25) is 0 Å². The van der Waals surface area contributed by atoms with E-state index in [9.17, 15) is 18.0 Å². The standard InChI is InChI=1S/C28H26F4N4O2/c1-15-34-26-22(21-6-3-19(12-24(21)29)28(30,31)32)9-17(10-23(26)27(37)35(15)2)16-7-8-38-25(11-16)18-13-33-36(14-18)20-4-5-20/h3,6,9-10,12-14,16,20,25H,4-5,7-8,11H2,1-2H3/t16-,25+/m0/s1. The summed E-state index contributed by atoms with van der Waals surface area (Å²) in [6, 6.07) is 6.47. The minimum Gasteiger partial charge on any atom is -0.373 e. The number of fused-ring (bicyclic) bond motifs is 1. The summed E-state index contributed by atoms with van der Waals surface area (Å²) in [7, 11) is 1.61. The van der Waals surface area contributed by atoms with Crippen LogP contribution in [0.25, 0.3) is 22.0 Å². The van der Waals surface area contributed by atoms with Gasteiger partial charge < -0.3 is 4.74 Å². The lowest BCUT2D eigenvalue weighted by Gasteiger charge is -2.30. The first kappa shape index (κ1) is 24.8. The molecule has 198 valence electrons. The van der Waals surface area contributed by atoms with Crippen LogP contribution in [0, 0.1) is 12.7 Å². The van der Waals surface area contributed by atoms with Crippen molar-refractivity contribution in [1.82, 2.24) is 19.3 Å². The van der Waals surface area contributed by atoms with Crippen LogP contribution in [0.1, 0.15) is 66.3 Å². The second kappa shape index (κ2) is 9.04. The third-order valence-electron chi connectivity index (χ3n) is 7.68. The van der Waals surface area contributed by atoms with Gasteiger partial charge in [-0.3, -0.25) is 14.0 Å². The summed E-state index contributed by atoms with van der Waals surface area (Å²) in [6.07, 6.45) is 2.58. The molecule has 0 unspecified atom stereocenters. The minimum atomic E-state index is -4.67. The smallest absolute Gasteiger partial charge is 0.373 e. The van der Waals surface area contributed by atoms with E-state index in [0.29, 0.717) is 48.3 Å². The number of aryl methyl sites for hydroxylation is 1. The third-order valence-corrected chi connectivity index (χ3v) is 7.68. The molecule has 6 nitrogen and oxygen atoms in total. The van der Waals surface area contributed by atoms with Crippen molar-refractivity contribution < 1.29 is 22.3 Å². The predicted octanol–water partition coefficient (Wildman–Crippen LogP) is 6.23. The van der Waals surface area contributed by atoms with Crippen molar-refractivity contribution in [1.29, 1.82) is 0 Å². The number of nitrogens with zero attached hydrogens (tertiary/aromatic N) is 4. The zero-order chi connectivity index (χ0) is 26.8. The average Bonchev–Trinajstić information content (AvgIpc) is 3.63. The molecule has 0 bridgehead atoms. The molecule has 2 fully saturated rings. The molecule has 1 aliphatic heterocycles. The Morgan fingerprint density at radius 1 is 1.05 bits per heavy atom. The van der Waals surface area contributed by atoms with Gasteiger partial charge >= 0.3 is 6.18 Å². The molecule has 0 radical (unpaired) electrons. The fourth-order valence-corrected chi connectivity index (χ4v) is 5.25. The summed E-state index contributed by atoms with van der Waals surface area (Å²) in [6.45, 7) is 2.16. The minimum absolute atomic E-state index is 0.00954. The number of halogens is 4. The van der Waals surface area contributed by atoms with Crippen molar-refractivity contribution in [3.63, 3.8) is 0 Å². The monoisotopic (exact) mass is 526 g/mol. The van der Waals surface area contributed by atoms with E-state index in [1.54, 1.807) is 26.1 Å². The molecule has 2 aromatic carbocycles. The number of rotatable bonds is 4. The Morgan fingerprint density at radius 3 is 2.55 bits per heavy atom.